The number of hydrogen-bond acceptors (Lipinski definition) is 4. The van der Waals surface area contributed by atoms with E-state index in [9.17, 15) is 23.7 Å². The molecule has 1 aliphatic heterocycles. The zero-order chi connectivity index (χ0) is 14.9. The first kappa shape index (κ1) is 14.3. The van der Waals surface area contributed by atoms with Crippen LogP contribution >= 0.6 is 0 Å². The van der Waals surface area contributed by atoms with Gasteiger partial charge < -0.3 is 10.2 Å². The van der Waals surface area contributed by atoms with Crippen LogP contribution in [-0.2, 0) is 0 Å². The van der Waals surface area contributed by atoms with Crippen LogP contribution in [0.4, 0.5) is 14.5 Å². The van der Waals surface area contributed by atoms with Gasteiger partial charge in [0.05, 0.1) is 11.0 Å². The lowest BCUT2D eigenvalue weighted by Crippen LogP contribution is -2.38. The van der Waals surface area contributed by atoms with Crippen LogP contribution in [0.2, 0.25) is 0 Å². The molecule has 6 nitrogen and oxygen atoms in total. The van der Waals surface area contributed by atoms with E-state index in [1.54, 1.807) is 0 Å². The molecule has 1 fully saturated rings. The van der Waals surface area contributed by atoms with E-state index in [4.69, 9.17) is 0 Å². The third kappa shape index (κ3) is 2.60. The van der Waals surface area contributed by atoms with Crippen LogP contribution < -0.4 is 5.32 Å². The van der Waals surface area contributed by atoms with Gasteiger partial charge in [0.25, 0.3) is 11.6 Å². The Hall–Kier alpha value is -2.09. The molecule has 1 saturated heterocycles. The molecule has 1 aromatic carbocycles. The van der Waals surface area contributed by atoms with Crippen molar-refractivity contribution in [3.63, 3.8) is 0 Å². The predicted molar refractivity (Wildman–Crippen MR) is 66.4 cm³/mol. The molecule has 1 amide bonds. The van der Waals surface area contributed by atoms with Crippen LogP contribution in [0.1, 0.15) is 16.8 Å². The first-order valence-electron chi connectivity index (χ1n) is 6.03. The Bertz CT molecular complexity index is 559. The second-order valence-electron chi connectivity index (χ2n) is 4.60. The fourth-order valence-electron chi connectivity index (χ4n) is 2.18. The third-order valence-corrected chi connectivity index (χ3v) is 3.37. The second kappa shape index (κ2) is 5.49. The molecule has 0 spiro atoms. The summed E-state index contributed by atoms with van der Waals surface area (Å²) in [5.41, 5.74) is -1.17. The number of benzene rings is 1. The average Bonchev–Trinajstić information content (AvgIpc) is 2.93. The summed E-state index contributed by atoms with van der Waals surface area (Å²) in [5, 5.41) is 13.9. The molecule has 108 valence electrons. The standard InChI is InChI=1S/C12H13F2N3O3/c1-16(7-2-3-15-6-7)12(18)8-4-9(13)10(14)5-11(8)17(19)20/h4-5,7,15H,2-3,6H2,1H3. The molecule has 0 radical (unpaired) electrons. The Balaban J connectivity index is 2.37. The van der Waals surface area contributed by atoms with Crippen molar-refractivity contribution in [1.82, 2.24) is 10.2 Å². The van der Waals surface area contributed by atoms with Gasteiger partial charge in [-0.25, -0.2) is 8.78 Å². The number of nitrogens with zero attached hydrogens (tertiary/aromatic N) is 2. The molecular formula is C12H13F2N3O3. The van der Waals surface area contributed by atoms with E-state index in [0.717, 1.165) is 6.54 Å². The summed E-state index contributed by atoms with van der Waals surface area (Å²) in [6.07, 6.45) is 0.708. The molecule has 1 N–H and O–H groups in total. The Morgan fingerprint density at radius 2 is 2.10 bits per heavy atom. The molecule has 1 aromatic rings. The van der Waals surface area contributed by atoms with Crippen LogP contribution in [0.3, 0.4) is 0 Å². The van der Waals surface area contributed by atoms with Crippen molar-refractivity contribution in [2.24, 2.45) is 0 Å². The fourth-order valence-corrected chi connectivity index (χ4v) is 2.18. The monoisotopic (exact) mass is 285 g/mol. The van der Waals surface area contributed by atoms with Gasteiger partial charge in [-0.1, -0.05) is 0 Å². The van der Waals surface area contributed by atoms with Crippen LogP contribution in [-0.4, -0.2) is 41.9 Å². The summed E-state index contributed by atoms with van der Waals surface area (Å²) in [5.74, 6) is -3.32. The van der Waals surface area contributed by atoms with Gasteiger partial charge in [-0.15, -0.1) is 0 Å². The summed E-state index contributed by atoms with van der Waals surface area (Å²) < 4.78 is 26.3. The fraction of sp³-hybridized carbons (Fsp3) is 0.417. The van der Waals surface area contributed by atoms with Crippen LogP contribution in [0.25, 0.3) is 0 Å². The number of carbonyl (C=O) groups is 1. The first-order valence-corrected chi connectivity index (χ1v) is 6.03. The SMILES string of the molecule is CN(C(=O)c1cc(F)c(F)cc1[N+](=O)[O-])C1CCNC1. The number of rotatable bonds is 3. The lowest BCUT2D eigenvalue weighted by atomic mass is 10.1. The number of hydrogen-bond donors (Lipinski definition) is 1. The van der Waals surface area contributed by atoms with Crippen molar-refractivity contribution in [3.8, 4) is 0 Å². The van der Waals surface area contributed by atoms with Gasteiger partial charge in [-0.05, 0) is 19.0 Å². The minimum Gasteiger partial charge on any atom is -0.337 e. The van der Waals surface area contributed by atoms with Crippen LogP contribution in [0.15, 0.2) is 12.1 Å². The molecular weight excluding hydrogens is 272 g/mol. The largest absolute Gasteiger partial charge is 0.337 e. The topological polar surface area (TPSA) is 75.5 Å². The predicted octanol–water partition coefficient (Wildman–Crippen LogP) is 1.31. The smallest absolute Gasteiger partial charge is 0.285 e. The maximum absolute atomic E-state index is 13.2. The quantitative estimate of drug-likeness (QED) is 0.671. The molecule has 0 bridgehead atoms. The highest BCUT2D eigenvalue weighted by molar-refractivity contribution is 5.98. The summed E-state index contributed by atoms with van der Waals surface area (Å²) in [6.45, 7) is 1.31. The molecule has 1 atom stereocenters. The van der Waals surface area contributed by atoms with E-state index in [1.165, 1.54) is 11.9 Å². The normalized spacial score (nSPS) is 18.1. The molecule has 20 heavy (non-hydrogen) atoms. The van der Waals surface area contributed by atoms with Gasteiger partial charge in [-0.3, -0.25) is 14.9 Å². The zero-order valence-electron chi connectivity index (χ0n) is 10.7. The minimum atomic E-state index is -1.35. The second-order valence-corrected chi connectivity index (χ2v) is 4.60. The molecule has 1 unspecified atom stereocenters. The lowest BCUT2D eigenvalue weighted by molar-refractivity contribution is -0.385. The maximum Gasteiger partial charge on any atom is 0.285 e. The molecule has 2 rings (SSSR count). The average molecular weight is 285 g/mol. The Morgan fingerprint density at radius 1 is 1.45 bits per heavy atom. The highest BCUT2D eigenvalue weighted by atomic mass is 19.2. The number of nitro groups is 1. The van der Waals surface area contributed by atoms with Crippen LogP contribution in [0.5, 0.6) is 0 Å². The van der Waals surface area contributed by atoms with Gasteiger partial charge in [0, 0.05) is 19.6 Å². The molecule has 1 aliphatic rings. The van der Waals surface area contributed by atoms with E-state index in [2.05, 4.69) is 5.32 Å². The highest BCUT2D eigenvalue weighted by Gasteiger charge is 2.30. The number of nitro benzene ring substituents is 1. The van der Waals surface area contributed by atoms with Crippen molar-refractivity contribution < 1.29 is 18.5 Å². The van der Waals surface area contributed by atoms with Crippen molar-refractivity contribution in [2.75, 3.05) is 20.1 Å². The Morgan fingerprint density at radius 3 is 2.65 bits per heavy atom. The van der Waals surface area contributed by atoms with Gasteiger partial charge in [0.15, 0.2) is 11.6 Å². The number of carbonyl (C=O) groups excluding carboxylic acids is 1. The van der Waals surface area contributed by atoms with Gasteiger partial charge in [0.2, 0.25) is 0 Å². The van der Waals surface area contributed by atoms with Gasteiger partial charge in [0.1, 0.15) is 5.56 Å². The van der Waals surface area contributed by atoms with Crippen LogP contribution in [0, 0.1) is 21.7 Å². The number of halogens is 2. The summed E-state index contributed by atoms with van der Waals surface area (Å²) in [4.78, 5) is 23.5. The van der Waals surface area contributed by atoms with E-state index in [0.29, 0.717) is 25.1 Å². The molecule has 0 aliphatic carbocycles. The summed E-state index contributed by atoms with van der Waals surface area (Å²) in [7, 11) is 1.49. The highest BCUT2D eigenvalue weighted by Crippen LogP contribution is 2.24. The van der Waals surface area contributed by atoms with Crippen molar-refractivity contribution in [1.29, 1.82) is 0 Å². The van der Waals surface area contributed by atoms with E-state index in [-0.39, 0.29) is 6.04 Å². The number of nitrogens with one attached hydrogen (secondary N) is 1. The number of likely N-dealkylation sites (N-methyl/N-ethyl adjacent to an activating group) is 1. The van der Waals surface area contributed by atoms with Crippen molar-refractivity contribution >= 4 is 11.6 Å². The minimum absolute atomic E-state index is 0.116. The van der Waals surface area contributed by atoms with Crippen molar-refractivity contribution in [2.45, 2.75) is 12.5 Å². The van der Waals surface area contributed by atoms with Crippen molar-refractivity contribution in [3.05, 3.63) is 39.4 Å². The summed E-state index contributed by atoms with van der Waals surface area (Å²) in [6, 6.07) is 0.896. The van der Waals surface area contributed by atoms with Gasteiger partial charge >= 0.3 is 0 Å². The molecule has 1 heterocycles. The van der Waals surface area contributed by atoms with E-state index < -0.39 is 33.7 Å². The third-order valence-electron chi connectivity index (χ3n) is 3.37. The summed E-state index contributed by atoms with van der Waals surface area (Å²) >= 11 is 0. The maximum atomic E-state index is 13.2. The van der Waals surface area contributed by atoms with E-state index >= 15 is 0 Å². The van der Waals surface area contributed by atoms with Gasteiger partial charge in [-0.2, -0.15) is 0 Å². The molecule has 0 aromatic heterocycles. The lowest BCUT2D eigenvalue weighted by Gasteiger charge is -2.23. The zero-order valence-corrected chi connectivity index (χ0v) is 10.7. The molecule has 8 heteroatoms. The molecule has 0 saturated carbocycles. The van der Waals surface area contributed by atoms with E-state index in [1.807, 2.05) is 0 Å². The first-order chi connectivity index (χ1) is 9.41. The Kier molecular flexibility index (Phi) is 3.93. The number of amides is 1. The Labute approximate surface area is 113 Å².